The molecule has 0 bridgehead atoms. The second kappa shape index (κ2) is 8.94. The molecule has 0 aliphatic carbocycles. The van der Waals surface area contributed by atoms with Crippen molar-refractivity contribution in [2.75, 3.05) is 19.0 Å². The van der Waals surface area contributed by atoms with E-state index in [1.165, 1.54) is 18.5 Å². The molecule has 6 nitrogen and oxygen atoms in total. The molecule has 7 heteroatoms. The molecule has 3 rings (SSSR count). The Morgan fingerprint density at radius 3 is 2.61 bits per heavy atom. The van der Waals surface area contributed by atoms with E-state index in [0.717, 1.165) is 11.3 Å². The second-order valence-electron chi connectivity index (χ2n) is 6.22. The van der Waals surface area contributed by atoms with Crippen LogP contribution in [0.3, 0.4) is 0 Å². The average molecular weight is 380 g/mol. The fraction of sp³-hybridized carbons (Fsp3) is 0.190. The fourth-order valence-electron chi connectivity index (χ4n) is 2.66. The van der Waals surface area contributed by atoms with Crippen molar-refractivity contribution in [3.05, 3.63) is 77.4 Å². The number of hydrogen-bond donors (Lipinski definition) is 2. The minimum atomic E-state index is -0.309. The molecule has 28 heavy (non-hydrogen) atoms. The number of nitrogens with one attached hydrogen (secondary N) is 2. The number of aryl methyl sites for hydroxylation is 1. The first-order valence-corrected chi connectivity index (χ1v) is 8.82. The minimum Gasteiger partial charge on any atom is -0.495 e. The van der Waals surface area contributed by atoms with Gasteiger partial charge in [-0.2, -0.15) is 0 Å². The Kier molecular flexibility index (Phi) is 6.16. The van der Waals surface area contributed by atoms with Gasteiger partial charge in [-0.25, -0.2) is 14.4 Å². The molecule has 0 unspecified atom stereocenters. The molecule has 2 aromatic carbocycles. The Bertz CT molecular complexity index is 961. The van der Waals surface area contributed by atoms with Crippen molar-refractivity contribution in [2.24, 2.45) is 0 Å². The number of rotatable bonds is 7. The molecule has 0 spiro atoms. The number of nitrogens with zero attached hydrogens (tertiary/aromatic N) is 2. The molecule has 0 aliphatic rings. The van der Waals surface area contributed by atoms with Crippen LogP contribution in [0.1, 0.15) is 21.5 Å². The van der Waals surface area contributed by atoms with Crippen molar-refractivity contribution >= 4 is 17.5 Å². The van der Waals surface area contributed by atoms with Gasteiger partial charge in [-0.05, 0) is 42.7 Å². The van der Waals surface area contributed by atoms with Gasteiger partial charge in [-0.15, -0.1) is 0 Å². The Labute approximate surface area is 162 Å². The first kappa shape index (κ1) is 19.3. The van der Waals surface area contributed by atoms with E-state index in [4.69, 9.17) is 4.74 Å². The van der Waals surface area contributed by atoms with Crippen LogP contribution in [0, 0.1) is 12.7 Å². The highest BCUT2D eigenvalue weighted by molar-refractivity contribution is 5.93. The highest BCUT2D eigenvalue weighted by Crippen LogP contribution is 2.27. The van der Waals surface area contributed by atoms with Crippen LogP contribution in [-0.4, -0.2) is 29.5 Å². The number of aromatic nitrogens is 2. The number of ether oxygens (including phenoxy) is 1. The molecule has 0 fully saturated rings. The molecule has 0 radical (unpaired) electrons. The van der Waals surface area contributed by atoms with E-state index in [0.29, 0.717) is 35.8 Å². The van der Waals surface area contributed by atoms with E-state index < -0.39 is 0 Å². The quantitative estimate of drug-likeness (QED) is 0.654. The number of halogens is 1. The Balaban J connectivity index is 1.58. The Morgan fingerprint density at radius 1 is 1.14 bits per heavy atom. The van der Waals surface area contributed by atoms with Crippen LogP contribution >= 0.6 is 0 Å². The summed E-state index contributed by atoms with van der Waals surface area (Å²) in [6.07, 6.45) is 3.29. The molecule has 1 amide bonds. The van der Waals surface area contributed by atoms with E-state index in [-0.39, 0.29) is 11.7 Å². The van der Waals surface area contributed by atoms with Crippen LogP contribution < -0.4 is 15.4 Å². The molecule has 3 aromatic rings. The minimum absolute atomic E-state index is 0.276. The average Bonchev–Trinajstić information content (AvgIpc) is 2.70. The highest BCUT2D eigenvalue weighted by Gasteiger charge is 2.09. The summed E-state index contributed by atoms with van der Waals surface area (Å²) in [6, 6.07) is 12.2. The summed E-state index contributed by atoms with van der Waals surface area (Å²) >= 11 is 0. The molecule has 0 aliphatic heterocycles. The van der Waals surface area contributed by atoms with Crippen molar-refractivity contribution < 1.29 is 13.9 Å². The van der Waals surface area contributed by atoms with Crippen molar-refractivity contribution in [1.82, 2.24) is 15.3 Å². The summed E-state index contributed by atoms with van der Waals surface area (Å²) < 4.78 is 18.9. The topological polar surface area (TPSA) is 76.1 Å². The van der Waals surface area contributed by atoms with Gasteiger partial charge in [0.2, 0.25) is 5.95 Å². The van der Waals surface area contributed by atoms with Gasteiger partial charge in [0.15, 0.2) is 0 Å². The smallest absolute Gasteiger partial charge is 0.254 e. The lowest BCUT2D eigenvalue weighted by atomic mass is 10.1. The van der Waals surface area contributed by atoms with Gasteiger partial charge in [0.25, 0.3) is 5.91 Å². The Hall–Kier alpha value is -3.48. The predicted octanol–water partition coefficient (Wildman–Crippen LogP) is 3.65. The summed E-state index contributed by atoms with van der Waals surface area (Å²) in [6.45, 7) is 2.29. The summed E-state index contributed by atoms with van der Waals surface area (Å²) in [7, 11) is 1.59. The molecule has 2 N–H and O–H groups in total. The molecule has 0 atom stereocenters. The first-order chi connectivity index (χ1) is 13.6. The number of anilines is 2. The number of amides is 1. The fourth-order valence-corrected chi connectivity index (χ4v) is 2.66. The zero-order valence-corrected chi connectivity index (χ0v) is 15.7. The molecule has 1 aromatic heterocycles. The van der Waals surface area contributed by atoms with Crippen LogP contribution in [0.2, 0.25) is 0 Å². The Morgan fingerprint density at radius 2 is 1.89 bits per heavy atom. The largest absolute Gasteiger partial charge is 0.495 e. The number of methoxy groups -OCH3 is 1. The second-order valence-corrected chi connectivity index (χ2v) is 6.22. The number of benzene rings is 2. The maximum absolute atomic E-state index is 13.6. The summed E-state index contributed by atoms with van der Waals surface area (Å²) in [5.41, 5.74) is 2.69. The van der Waals surface area contributed by atoms with Gasteiger partial charge in [0, 0.05) is 18.9 Å². The molecule has 144 valence electrons. The van der Waals surface area contributed by atoms with Crippen molar-refractivity contribution in [2.45, 2.75) is 13.3 Å². The van der Waals surface area contributed by atoms with Crippen LogP contribution in [0.25, 0.3) is 0 Å². The third-order valence-electron chi connectivity index (χ3n) is 4.15. The molecule has 0 saturated heterocycles. The molecule has 1 heterocycles. The monoisotopic (exact) mass is 380 g/mol. The van der Waals surface area contributed by atoms with Gasteiger partial charge in [0.1, 0.15) is 11.6 Å². The maximum atomic E-state index is 13.6. The SMILES string of the molecule is COc1ccc(C)cc1Nc1ncc(C(=O)NCCc2ccccc2F)cn1. The summed E-state index contributed by atoms with van der Waals surface area (Å²) in [5.74, 6) is 0.439. The number of hydrogen-bond acceptors (Lipinski definition) is 5. The van der Waals surface area contributed by atoms with E-state index in [1.807, 2.05) is 25.1 Å². The highest BCUT2D eigenvalue weighted by atomic mass is 19.1. The van der Waals surface area contributed by atoms with E-state index in [1.54, 1.807) is 25.3 Å². The van der Waals surface area contributed by atoms with Crippen molar-refractivity contribution in [1.29, 1.82) is 0 Å². The van der Waals surface area contributed by atoms with E-state index in [2.05, 4.69) is 20.6 Å². The zero-order valence-electron chi connectivity index (χ0n) is 15.7. The summed E-state index contributed by atoms with van der Waals surface area (Å²) in [4.78, 5) is 20.6. The van der Waals surface area contributed by atoms with Gasteiger partial charge < -0.3 is 15.4 Å². The van der Waals surface area contributed by atoms with Crippen molar-refractivity contribution in [3.63, 3.8) is 0 Å². The molecular weight excluding hydrogens is 359 g/mol. The van der Waals surface area contributed by atoms with Crippen molar-refractivity contribution in [3.8, 4) is 5.75 Å². The molecular formula is C21H21FN4O2. The zero-order chi connectivity index (χ0) is 19.9. The van der Waals surface area contributed by atoms with Gasteiger partial charge >= 0.3 is 0 Å². The van der Waals surface area contributed by atoms with Crippen LogP contribution in [-0.2, 0) is 6.42 Å². The van der Waals surface area contributed by atoms with Gasteiger partial charge in [-0.3, -0.25) is 4.79 Å². The lowest BCUT2D eigenvalue weighted by Crippen LogP contribution is -2.26. The molecule has 0 saturated carbocycles. The summed E-state index contributed by atoms with van der Waals surface area (Å²) in [5, 5.41) is 5.82. The lowest BCUT2D eigenvalue weighted by molar-refractivity contribution is 0.0953. The van der Waals surface area contributed by atoms with Crippen LogP contribution in [0.5, 0.6) is 5.75 Å². The lowest BCUT2D eigenvalue weighted by Gasteiger charge is -2.11. The third kappa shape index (κ3) is 4.82. The van der Waals surface area contributed by atoms with Gasteiger partial charge in [-0.1, -0.05) is 24.3 Å². The van der Waals surface area contributed by atoms with Crippen LogP contribution in [0.4, 0.5) is 16.0 Å². The standard InChI is InChI=1S/C21H21FN4O2/c1-14-7-8-19(28-2)18(11-14)26-21-24-12-16(13-25-21)20(27)23-10-9-15-5-3-4-6-17(15)22/h3-8,11-13H,9-10H2,1-2H3,(H,23,27)(H,24,25,26). The number of carbonyl (C=O) groups is 1. The van der Waals surface area contributed by atoms with E-state index in [9.17, 15) is 9.18 Å². The van der Waals surface area contributed by atoms with Crippen LogP contribution in [0.15, 0.2) is 54.9 Å². The maximum Gasteiger partial charge on any atom is 0.254 e. The van der Waals surface area contributed by atoms with Gasteiger partial charge in [0.05, 0.1) is 18.4 Å². The first-order valence-electron chi connectivity index (χ1n) is 8.82. The van der Waals surface area contributed by atoms with E-state index >= 15 is 0 Å². The predicted molar refractivity (Wildman–Crippen MR) is 105 cm³/mol. The number of carbonyl (C=O) groups excluding carboxylic acids is 1. The normalized spacial score (nSPS) is 10.4. The third-order valence-corrected chi connectivity index (χ3v) is 4.15.